The third-order valence-corrected chi connectivity index (χ3v) is 13.5. The maximum atomic E-state index is 14.3. The summed E-state index contributed by atoms with van der Waals surface area (Å²) in [7, 11) is -1.22. The number of benzene rings is 2. The second kappa shape index (κ2) is 29.1. The molecule has 2 amide bonds. The molecule has 0 spiro atoms. The van der Waals surface area contributed by atoms with Crippen LogP contribution in [0, 0.1) is 5.82 Å². The molecule has 4 N–H and O–H groups in total. The number of para-hydroxylation sites is 1. The number of alkyl halides is 3. The summed E-state index contributed by atoms with van der Waals surface area (Å²) in [6.45, 7) is 9.25. The SMILES string of the molecule is CC1(C)OC(c2ccco2)CN1C(=O)C(Cl)Cl.CCc1cccc(CC)c1N(COC)C(=O)CCl.COC(=O)CSc1cc(N=c2sc(=O)n3n2CCCC3)c(F)cc1Cl.O=C(O)CNCP(=O)(O)O. The van der Waals surface area contributed by atoms with Gasteiger partial charge in [0.05, 0.1) is 49.2 Å². The molecule has 2 aromatic carbocycles. The second-order valence-corrected chi connectivity index (χ2v) is 20.6. The molecule has 388 valence electrons. The molecule has 4 aromatic rings. The van der Waals surface area contributed by atoms with Crippen LogP contribution in [0.1, 0.15) is 63.5 Å². The van der Waals surface area contributed by atoms with Crippen molar-refractivity contribution in [2.45, 2.75) is 88.0 Å². The number of amides is 2. The lowest BCUT2D eigenvalue weighted by molar-refractivity contribution is -0.144. The molecule has 2 aliphatic rings. The van der Waals surface area contributed by atoms with Crippen LogP contribution in [-0.4, -0.2) is 115 Å². The van der Waals surface area contributed by atoms with Gasteiger partial charge < -0.3 is 38.4 Å². The molecule has 0 saturated carbocycles. The van der Waals surface area contributed by atoms with Gasteiger partial charge in [-0.1, -0.05) is 66.8 Å². The van der Waals surface area contributed by atoms with E-state index in [-0.39, 0.29) is 51.9 Å². The number of fused-ring (bicyclic) bond motifs is 1. The topological polar surface area (TPSA) is 245 Å². The van der Waals surface area contributed by atoms with E-state index >= 15 is 0 Å². The number of rotatable bonds is 16. The summed E-state index contributed by atoms with van der Waals surface area (Å²) in [5.74, 6) is -1.90. The van der Waals surface area contributed by atoms with Crippen molar-refractivity contribution >= 4 is 112 Å². The first-order valence-electron chi connectivity index (χ1n) is 21.3. The average Bonchev–Trinajstić information content (AvgIpc) is 4.05. The highest BCUT2D eigenvalue weighted by Crippen LogP contribution is 2.37. The predicted molar refractivity (Wildman–Crippen MR) is 267 cm³/mol. The Morgan fingerprint density at radius 1 is 1.07 bits per heavy atom. The number of ether oxygens (including phenoxy) is 3. The highest BCUT2D eigenvalue weighted by atomic mass is 35.5. The largest absolute Gasteiger partial charge is 0.480 e. The molecule has 0 radical (unpaired) electrons. The first-order chi connectivity index (χ1) is 33.0. The number of methoxy groups -OCH3 is 2. The summed E-state index contributed by atoms with van der Waals surface area (Å²) in [6, 6.07) is 12.3. The molecular weight excluding hydrogens is 1060 g/mol. The minimum absolute atomic E-state index is 0.0371. The van der Waals surface area contributed by atoms with Gasteiger partial charge in [0.2, 0.25) is 10.7 Å². The number of hydrogen-bond donors (Lipinski definition) is 4. The summed E-state index contributed by atoms with van der Waals surface area (Å²) < 4.78 is 48.5. The number of aromatic nitrogens is 2. The number of nitrogens with zero attached hydrogens (tertiary/aromatic N) is 5. The standard InChI is InChI=1S/C15H15ClFN3O3S2.C14H20ClNO2.C11H13Cl2NO3.C3H8NO5P/c1-23-13(21)8-24-12-7-11(10(17)6-9(12)16)18-14-19-4-2-3-5-20(19)15(22)25-14;1-4-11-7-6-8-12(5-2)14(11)16(10-18-3)13(17)9-15;1-11(2)14(10(15)9(12)13)6-8(17-11)7-4-3-5-16-7;5-3(6)1-4-2-10(7,8)9/h6-7H,2-5,8H2,1H3;6-8H,4-5,9-10H2,1-3H3;3-5,8-9H,6H2,1-2H3;4H,1-2H2,(H,5,6)(H2,7,8,9). The van der Waals surface area contributed by atoms with E-state index in [9.17, 15) is 32.9 Å². The third kappa shape index (κ3) is 18.4. The fraction of sp³-hybridized carbons (Fsp3) is 0.488. The number of anilines is 1. The van der Waals surface area contributed by atoms with E-state index in [1.165, 1.54) is 18.1 Å². The van der Waals surface area contributed by atoms with Crippen molar-refractivity contribution in [3.8, 4) is 0 Å². The number of furan rings is 1. The van der Waals surface area contributed by atoms with Crippen molar-refractivity contribution in [3.63, 3.8) is 0 Å². The Kier molecular flexibility index (Phi) is 25.1. The molecule has 6 rings (SSSR count). The third-order valence-electron chi connectivity index (χ3n) is 9.93. The minimum atomic E-state index is -4.10. The lowest BCUT2D eigenvalue weighted by Crippen LogP contribution is -2.45. The van der Waals surface area contributed by atoms with E-state index < -0.39 is 48.7 Å². The van der Waals surface area contributed by atoms with E-state index in [4.69, 9.17) is 75.2 Å². The van der Waals surface area contributed by atoms with Gasteiger partial charge >= 0.3 is 24.4 Å². The molecule has 2 aromatic heterocycles. The molecule has 0 aliphatic carbocycles. The van der Waals surface area contributed by atoms with Crippen LogP contribution in [0.5, 0.6) is 0 Å². The van der Waals surface area contributed by atoms with Crippen LogP contribution in [0.2, 0.25) is 5.02 Å². The number of nitrogens with one attached hydrogen (secondary N) is 1. The Labute approximate surface area is 431 Å². The first-order valence-corrected chi connectivity index (χ1v) is 26.7. The van der Waals surface area contributed by atoms with Gasteiger partial charge in [-0.3, -0.25) is 43.4 Å². The maximum absolute atomic E-state index is 14.3. The monoisotopic (exact) mass is 1120 g/mol. The summed E-state index contributed by atoms with van der Waals surface area (Å²) in [4.78, 5) is 80.5. The molecule has 0 bridgehead atoms. The number of carbonyl (C=O) groups excluding carboxylic acids is 3. The van der Waals surface area contributed by atoms with E-state index in [1.807, 2.05) is 24.3 Å². The lowest BCUT2D eigenvalue weighted by Gasteiger charge is -2.29. The van der Waals surface area contributed by atoms with E-state index in [2.05, 4.69) is 28.9 Å². The van der Waals surface area contributed by atoms with Crippen LogP contribution in [-0.2, 0) is 63.9 Å². The van der Waals surface area contributed by atoms with E-state index in [0.29, 0.717) is 35.1 Å². The fourth-order valence-corrected chi connectivity index (χ4v) is 9.46. The number of thioether (sulfide) groups is 1. The Balaban J connectivity index is 0.000000258. The number of esters is 1. The zero-order valence-electron chi connectivity index (χ0n) is 39.1. The van der Waals surface area contributed by atoms with Crippen molar-refractivity contribution in [2.75, 3.05) is 56.9 Å². The van der Waals surface area contributed by atoms with Gasteiger partial charge in [0.1, 0.15) is 41.7 Å². The zero-order valence-corrected chi connectivity index (χ0v) is 44.6. The smallest absolute Gasteiger partial charge is 0.339 e. The molecule has 1 atom stereocenters. The van der Waals surface area contributed by atoms with Gasteiger partial charge in [0, 0.05) is 25.1 Å². The first kappa shape index (κ1) is 60.5. The zero-order chi connectivity index (χ0) is 52.3. The Morgan fingerprint density at radius 2 is 1.71 bits per heavy atom. The molecule has 27 heteroatoms. The second-order valence-electron chi connectivity index (χ2n) is 15.3. The molecule has 70 heavy (non-hydrogen) atoms. The number of halogens is 5. The quantitative estimate of drug-likeness (QED) is 0.0283. The van der Waals surface area contributed by atoms with Gasteiger partial charge in [0.15, 0.2) is 4.84 Å². The average molecular weight is 1120 g/mol. The van der Waals surface area contributed by atoms with Crippen molar-refractivity contribution in [1.82, 2.24) is 19.6 Å². The molecule has 1 unspecified atom stereocenters. The van der Waals surface area contributed by atoms with Gasteiger partial charge in [-0.05, 0) is 86.3 Å². The van der Waals surface area contributed by atoms with Crippen molar-refractivity contribution in [2.24, 2.45) is 4.99 Å². The molecule has 19 nitrogen and oxygen atoms in total. The van der Waals surface area contributed by atoms with Crippen LogP contribution >= 0.6 is 77.1 Å². The Morgan fingerprint density at radius 3 is 2.24 bits per heavy atom. The summed E-state index contributed by atoms with van der Waals surface area (Å²) in [5.41, 5.74) is 2.58. The fourth-order valence-electron chi connectivity index (χ4n) is 6.69. The lowest BCUT2D eigenvalue weighted by atomic mass is 10.0. The van der Waals surface area contributed by atoms with E-state index in [0.717, 1.165) is 71.7 Å². The highest BCUT2D eigenvalue weighted by Gasteiger charge is 2.45. The van der Waals surface area contributed by atoms with Crippen LogP contribution in [0.15, 0.2) is 67.8 Å². The summed E-state index contributed by atoms with van der Waals surface area (Å²) in [5, 5.41) is 10.3. The van der Waals surface area contributed by atoms with Crippen molar-refractivity contribution < 1.29 is 61.7 Å². The maximum Gasteiger partial charge on any atom is 0.339 e. The number of aliphatic carboxylic acids is 1. The summed E-state index contributed by atoms with van der Waals surface area (Å²) >= 11 is 25.1. The van der Waals surface area contributed by atoms with Gasteiger partial charge in [-0.2, -0.15) is 0 Å². The Bertz CT molecular complexity index is 2540. The van der Waals surface area contributed by atoms with Crippen LogP contribution < -0.4 is 19.9 Å². The number of carboxylic acid groups (broad SMARTS) is 1. The molecule has 4 heterocycles. The number of carboxylic acids is 1. The normalized spacial score (nSPS) is 15.1. The predicted octanol–water partition coefficient (Wildman–Crippen LogP) is 7.30. The van der Waals surface area contributed by atoms with Gasteiger partial charge in [-0.15, -0.1) is 23.4 Å². The molecule has 1 saturated heterocycles. The van der Waals surface area contributed by atoms with Crippen molar-refractivity contribution in [3.05, 3.63) is 90.9 Å². The minimum Gasteiger partial charge on any atom is -0.480 e. The number of aryl methyl sites for hydroxylation is 2. The van der Waals surface area contributed by atoms with E-state index in [1.54, 1.807) is 47.6 Å². The Hall–Kier alpha value is -3.77. The number of carbonyl (C=O) groups is 4. The van der Waals surface area contributed by atoms with Crippen LogP contribution in [0.3, 0.4) is 0 Å². The highest BCUT2D eigenvalue weighted by molar-refractivity contribution is 8.00. The van der Waals surface area contributed by atoms with Crippen molar-refractivity contribution in [1.29, 1.82) is 0 Å². The van der Waals surface area contributed by atoms with Crippen LogP contribution in [0.25, 0.3) is 0 Å². The van der Waals surface area contributed by atoms with Gasteiger partial charge in [-0.25, -0.2) is 14.1 Å². The molecule has 1 fully saturated rings. The summed E-state index contributed by atoms with van der Waals surface area (Å²) in [6.07, 6.45) is 4.34. The van der Waals surface area contributed by atoms with Crippen LogP contribution in [0.4, 0.5) is 15.8 Å². The molecule has 2 aliphatic heterocycles. The number of hydrogen-bond acceptors (Lipinski definition) is 14. The molecular formula is C43H56Cl4FN6O13PS2. The van der Waals surface area contributed by atoms with Gasteiger partial charge in [0.25, 0.3) is 5.91 Å².